The van der Waals surface area contributed by atoms with Crippen molar-refractivity contribution in [3.8, 4) is 0 Å². The van der Waals surface area contributed by atoms with Crippen molar-refractivity contribution >= 4 is 5.65 Å². The van der Waals surface area contributed by atoms with Gasteiger partial charge in [-0.1, -0.05) is 6.07 Å². The molecular formula is C6H3N3. The molecule has 0 bridgehead atoms. The van der Waals surface area contributed by atoms with Crippen molar-refractivity contribution < 1.29 is 0 Å². The summed E-state index contributed by atoms with van der Waals surface area (Å²) in [6.07, 6.45) is 3.26. The minimum atomic E-state index is 0.706. The maximum atomic E-state index is 3.88. The van der Waals surface area contributed by atoms with Gasteiger partial charge in [0.05, 0.1) is 0 Å². The van der Waals surface area contributed by atoms with Crippen LogP contribution >= 0.6 is 0 Å². The lowest BCUT2D eigenvalue weighted by molar-refractivity contribution is 0.962. The van der Waals surface area contributed by atoms with E-state index in [0.29, 0.717) is 5.65 Å². The van der Waals surface area contributed by atoms with E-state index >= 15 is 0 Å². The number of fused-ring (bicyclic) bond motifs is 1. The zero-order valence-corrected chi connectivity index (χ0v) is 4.57. The Kier molecular flexibility index (Phi) is 0.701. The van der Waals surface area contributed by atoms with Gasteiger partial charge < -0.3 is 0 Å². The van der Waals surface area contributed by atoms with E-state index in [9.17, 15) is 0 Å². The third-order valence-corrected chi connectivity index (χ3v) is 1.06. The summed E-state index contributed by atoms with van der Waals surface area (Å²) in [7, 11) is 0. The Morgan fingerprint density at radius 3 is 3.44 bits per heavy atom. The Morgan fingerprint density at radius 2 is 2.56 bits per heavy atom. The van der Waals surface area contributed by atoms with Gasteiger partial charge in [0.25, 0.3) is 0 Å². The molecular weight excluding hydrogens is 114 g/mol. The molecule has 0 fully saturated rings. The van der Waals surface area contributed by atoms with Crippen LogP contribution in [0.5, 0.6) is 0 Å². The van der Waals surface area contributed by atoms with Crippen LogP contribution in [0.2, 0.25) is 0 Å². The number of hydrogen-bond donors (Lipinski definition) is 0. The summed E-state index contributed by atoms with van der Waals surface area (Å²) in [6, 6.07) is 7.31. The van der Waals surface area contributed by atoms with Crippen LogP contribution in [0.3, 0.4) is 0 Å². The van der Waals surface area contributed by atoms with Gasteiger partial charge in [-0.2, -0.15) is 5.10 Å². The molecule has 0 aliphatic rings. The lowest BCUT2D eigenvalue weighted by Gasteiger charge is -1.79. The Hall–Kier alpha value is -1.56. The summed E-state index contributed by atoms with van der Waals surface area (Å²) in [5.74, 6) is 0. The topological polar surface area (TPSA) is 30.2 Å². The third kappa shape index (κ3) is 0.533. The van der Waals surface area contributed by atoms with Crippen molar-refractivity contribution in [2.45, 2.75) is 0 Å². The summed E-state index contributed by atoms with van der Waals surface area (Å²) in [6.45, 7) is 0. The fourth-order valence-electron chi connectivity index (χ4n) is 0.663. The van der Waals surface area contributed by atoms with Gasteiger partial charge >= 0.3 is 0 Å². The molecule has 0 N–H and O–H groups in total. The van der Waals surface area contributed by atoms with E-state index in [1.165, 1.54) is 6.33 Å². The smallest absolute Gasteiger partial charge is 0.208 e. The second-order valence-electron chi connectivity index (χ2n) is 1.61. The van der Waals surface area contributed by atoms with Gasteiger partial charge in [-0.15, -0.1) is 0 Å². The third-order valence-electron chi connectivity index (χ3n) is 1.06. The van der Waals surface area contributed by atoms with E-state index in [4.69, 9.17) is 0 Å². The van der Waals surface area contributed by atoms with E-state index in [2.05, 4.69) is 22.2 Å². The van der Waals surface area contributed by atoms with Crippen LogP contribution in [0.25, 0.3) is 5.65 Å². The largest absolute Gasteiger partial charge is 0.213 e. The van der Waals surface area contributed by atoms with Crippen molar-refractivity contribution in [1.82, 2.24) is 14.6 Å². The zero-order valence-electron chi connectivity index (χ0n) is 4.57. The van der Waals surface area contributed by atoms with Crippen LogP contribution in [-0.4, -0.2) is 14.6 Å². The number of aromatic nitrogens is 3. The van der Waals surface area contributed by atoms with E-state index in [-0.39, 0.29) is 0 Å². The summed E-state index contributed by atoms with van der Waals surface area (Å²) >= 11 is 0. The highest BCUT2D eigenvalue weighted by molar-refractivity contribution is 5.28. The summed E-state index contributed by atoms with van der Waals surface area (Å²) in [5, 5.41) is 3.87. The van der Waals surface area contributed by atoms with E-state index in [1.54, 1.807) is 16.8 Å². The van der Waals surface area contributed by atoms with Crippen LogP contribution in [0, 0.1) is 12.1 Å². The van der Waals surface area contributed by atoms with Crippen molar-refractivity contribution in [1.29, 1.82) is 0 Å². The highest BCUT2D eigenvalue weighted by Crippen LogP contribution is 1.87. The first-order valence-corrected chi connectivity index (χ1v) is 2.54. The van der Waals surface area contributed by atoms with Crippen molar-refractivity contribution in [2.75, 3.05) is 0 Å². The summed E-state index contributed by atoms with van der Waals surface area (Å²) in [4.78, 5) is 3.88. The van der Waals surface area contributed by atoms with Crippen LogP contribution in [-0.2, 0) is 0 Å². The number of nitrogens with zero attached hydrogens (tertiary/aromatic N) is 3. The number of rotatable bonds is 0. The molecule has 9 heavy (non-hydrogen) atoms. The van der Waals surface area contributed by atoms with Gasteiger partial charge in [0.15, 0.2) is 0 Å². The van der Waals surface area contributed by atoms with Crippen LogP contribution < -0.4 is 0 Å². The first-order valence-electron chi connectivity index (χ1n) is 2.54. The fraction of sp³-hybridized carbons (Fsp3) is 0. The molecule has 3 nitrogen and oxygen atoms in total. The molecule has 0 radical (unpaired) electrons. The minimum Gasteiger partial charge on any atom is -0.213 e. The molecule has 2 aromatic heterocycles. The van der Waals surface area contributed by atoms with Gasteiger partial charge in [-0.05, 0) is 6.07 Å². The zero-order chi connectivity index (χ0) is 6.10. The van der Waals surface area contributed by atoms with Crippen LogP contribution in [0.1, 0.15) is 0 Å². The van der Waals surface area contributed by atoms with Crippen LogP contribution in [0.15, 0.2) is 18.6 Å². The second kappa shape index (κ2) is 1.46. The molecule has 0 spiro atoms. The molecule has 0 aliphatic carbocycles. The van der Waals surface area contributed by atoms with Gasteiger partial charge in [0.2, 0.25) is 5.65 Å². The second-order valence-corrected chi connectivity index (χ2v) is 1.61. The lowest BCUT2D eigenvalue weighted by atomic mass is 10.6. The van der Waals surface area contributed by atoms with Crippen LogP contribution in [0.4, 0.5) is 0 Å². The molecule has 0 atom stereocenters. The van der Waals surface area contributed by atoms with Gasteiger partial charge in [0.1, 0.15) is 6.33 Å². The predicted octanol–water partition coefficient (Wildman–Crippen LogP) is 0.330. The first-order chi connectivity index (χ1) is 4.47. The predicted molar refractivity (Wildman–Crippen MR) is 30.7 cm³/mol. The molecule has 0 saturated heterocycles. The Bertz CT molecular complexity index is 282. The SMILES string of the molecule is c1ccn2ncnc2c#1. The van der Waals surface area contributed by atoms with Crippen molar-refractivity contribution in [3.63, 3.8) is 0 Å². The Balaban J connectivity index is 2.95. The lowest BCUT2D eigenvalue weighted by Crippen LogP contribution is -1.81. The van der Waals surface area contributed by atoms with Crippen molar-refractivity contribution in [2.24, 2.45) is 0 Å². The summed E-state index contributed by atoms with van der Waals surface area (Å²) in [5.41, 5.74) is 0.706. The van der Waals surface area contributed by atoms with E-state index < -0.39 is 0 Å². The quantitative estimate of drug-likeness (QED) is 0.497. The highest BCUT2D eigenvalue weighted by atomic mass is 15.3. The molecule has 2 rings (SSSR count). The molecule has 0 aliphatic heterocycles. The monoisotopic (exact) mass is 117 g/mol. The molecule has 0 aromatic carbocycles. The van der Waals surface area contributed by atoms with Gasteiger partial charge in [-0.25, -0.2) is 9.50 Å². The first kappa shape index (κ1) is 4.33. The highest BCUT2D eigenvalue weighted by Gasteiger charge is 1.85. The minimum absolute atomic E-state index is 0.706. The van der Waals surface area contributed by atoms with E-state index in [0.717, 1.165) is 0 Å². The molecule has 2 heterocycles. The molecule has 42 valence electrons. The molecule has 3 heteroatoms. The van der Waals surface area contributed by atoms with Gasteiger partial charge in [0, 0.05) is 12.3 Å². The standard InChI is InChI=1S/C6H3N3/c1-2-4-9-6(3-1)7-5-8-9/h2,4-5H. The maximum absolute atomic E-state index is 3.88. The average molecular weight is 117 g/mol. The Morgan fingerprint density at radius 1 is 1.56 bits per heavy atom. The molecule has 0 amide bonds. The van der Waals surface area contributed by atoms with Crippen molar-refractivity contribution in [3.05, 3.63) is 30.7 Å². The van der Waals surface area contributed by atoms with E-state index in [1.807, 2.05) is 0 Å². The average Bonchev–Trinajstić information content (AvgIpc) is 2.33. The fourth-order valence-corrected chi connectivity index (χ4v) is 0.663. The Labute approximate surface area is 52.0 Å². The number of hydrogen-bond acceptors (Lipinski definition) is 2. The molecule has 2 aromatic rings. The normalized spacial score (nSPS) is 9.33. The molecule has 0 saturated carbocycles. The maximum Gasteiger partial charge on any atom is 0.208 e. The molecule has 0 unspecified atom stereocenters. The summed E-state index contributed by atoms with van der Waals surface area (Å²) < 4.78 is 1.64. The van der Waals surface area contributed by atoms with Gasteiger partial charge in [-0.3, -0.25) is 0 Å².